The molecule has 0 spiro atoms. The summed E-state index contributed by atoms with van der Waals surface area (Å²) in [6, 6.07) is 3.94. The maximum atomic E-state index is 8.76. The molecule has 0 aliphatic carbocycles. The highest BCUT2D eigenvalue weighted by atomic mass is 16.5. The third-order valence-electron chi connectivity index (χ3n) is 2.15. The second kappa shape index (κ2) is 4.86. The lowest BCUT2D eigenvalue weighted by Gasteiger charge is -2.11. The molecule has 78 valence electrons. The van der Waals surface area contributed by atoms with Crippen molar-refractivity contribution in [3.05, 3.63) is 23.3 Å². The summed E-state index contributed by atoms with van der Waals surface area (Å²) in [6.45, 7) is 2.19. The predicted molar refractivity (Wildman–Crippen MR) is 57.6 cm³/mol. The van der Waals surface area contributed by atoms with E-state index < -0.39 is 0 Å². The molecule has 0 aromatic heterocycles. The topological polar surface area (TPSA) is 55.5 Å². The van der Waals surface area contributed by atoms with Gasteiger partial charge >= 0.3 is 0 Å². The molecule has 0 atom stereocenters. The number of ether oxygens (including phenoxy) is 1. The van der Waals surface area contributed by atoms with E-state index >= 15 is 0 Å². The lowest BCUT2D eigenvalue weighted by atomic mass is 10.0. The molecule has 3 nitrogen and oxygen atoms in total. The third-order valence-corrected chi connectivity index (χ3v) is 2.15. The van der Waals surface area contributed by atoms with Crippen LogP contribution in [0, 0.1) is 6.92 Å². The minimum Gasteiger partial charge on any atom is -0.494 e. The number of aliphatic hydroxyl groups excluding tert-OH is 1. The van der Waals surface area contributed by atoms with Crippen LogP contribution < -0.4 is 10.5 Å². The first kappa shape index (κ1) is 10.9. The molecule has 3 heteroatoms. The van der Waals surface area contributed by atoms with E-state index in [1.165, 1.54) is 0 Å². The molecule has 0 bridgehead atoms. The fraction of sp³-hybridized carbons (Fsp3) is 0.455. The standard InChI is InChI=1S/C11H17NO2/c1-8-6-9(4-3-5-13)11(14-2)10(12)7-8/h6-7,13H,3-5,12H2,1-2H3. The summed E-state index contributed by atoms with van der Waals surface area (Å²) in [5.74, 6) is 0.740. The Balaban J connectivity index is 2.99. The van der Waals surface area contributed by atoms with E-state index in [9.17, 15) is 0 Å². The summed E-state index contributed by atoms with van der Waals surface area (Å²) in [5, 5.41) is 8.76. The van der Waals surface area contributed by atoms with Gasteiger partial charge in [-0.1, -0.05) is 6.07 Å². The number of hydrogen-bond donors (Lipinski definition) is 2. The van der Waals surface area contributed by atoms with E-state index in [2.05, 4.69) is 0 Å². The van der Waals surface area contributed by atoms with Crippen LogP contribution in [0.15, 0.2) is 12.1 Å². The first-order valence-electron chi connectivity index (χ1n) is 4.73. The molecule has 0 amide bonds. The van der Waals surface area contributed by atoms with Crippen molar-refractivity contribution < 1.29 is 9.84 Å². The average molecular weight is 195 g/mol. The van der Waals surface area contributed by atoms with Gasteiger partial charge in [0.25, 0.3) is 0 Å². The zero-order chi connectivity index (χ0) is 10.6. The van der Waals surface area contributed by atoms with Crippen molar-refractivity contribution in [3.63, 3.8) is 0 Å². The summed E-state index contributed by atoms with van der Waals surface area (Å²) in [7, 11) is 1.61. The molecule has 0 fully saturated rings. The molecule has 0 aliphatic rings. The molecule has 0 radical (unpaired) electrons. The maximum absolute atomic E-state index is 8.76. The fourth-order valence-electron chi connectivity index (χ4n) is 1.58. The fourth-order valence-corrected chi connectivity index (χ4v) is 1.58. The van der Waals surface area contributed by atoms with Crippen molar-refractivity contribution >= 4 is 5.69 Å². The number of benzene rings is 1. The molecule has 0 unspecified atom stereocenters. The number of anilines is 1. The van der Waals surface area contributed by atoms with Crippen LogP contribution in [0.3, 0.4) is 0 Å². The molecule has 0 saturated carbocycles. The van der Waals surface area contributed by atoms with Crippen LogP contribution >= 0.6 is 0 Å². The van der Waals surface area contributed by atoms with Gasteiger partial charge in [0.2, 0.25) is 0 Å². The van der Waals surface area contributed by atoms with Gasteiger partial charge in [0.15, 0.2) is 0 Å². The first-order valence-corrected chi connectivity index (χ1v) is 4.73. The molecule has 14 heavy (non-hydrogen) atoms. The van der Waals surface area contributed by atoms with Crippen molar-refractivity contribution in [1.29, 1.82) is 0 Å². The molecule has 1 aromatic carbocycles. The van der Waals surface area contributed by atoms with Gasteiger partial charge in [0.1, 0.15) is 5.75 Å². The van der Waals surface area contributed by atoms with E-state index in [1.54, 1.807) is 7.11 Å². The number of nitrogens with two attached hydrogens (primary N) is 1. The lowest BCUT2D eigenvalue weighted by Crippen LogP contribution is -1.99. The second-order valence-electron chi connectivity index (χ2n) is 3.37. The van der Waals surface area contributed by atoms with Gasteiger partial charge in [0, 0.05) is 6.61 Å². The zero-order valence-electron chi connectivity index (χ0n) is 8.71. The van der Waals surface area contributed by atoms with E-state index in [1.807, 2.05) is 19.1 Å². The van der Waals surface area contributed by atoms with Crippen molar-refractivity contribution in [2.24, 2.45) is 0 Å². The highest BCUT2D eigenvalue weighted by Crippen LogP contribution is 2.28. The summed E-state index contributed by atoms with van der Waals surface area (Å²) in [6.07, 6.45) is 1.53. The molecule has 0 heterocycles. The van der Waals surface area contributed by atoms with Gasteiger partial charge in [0.05, 0.1) is 12.8 Å². The molecule has 1 aromatic rings. The van der Waals surface area contributed by atoms with Crippen LogP contribution in [-0.4, -0.2) is 18.8 Å². The number of nitrogen functional groups attached to an aromatic ring is 1. The summed E-state index contributed by atoms with van der Waals surface area (Å²) in [5.41, 5.74) is 8.67. The van der Waals surface area contributed by atoms with Crippen LogP contribution in [0.25, 0.3) is 0 Å². The Bertz CT molecular complexity index is 310. The Morgan fingerprint density at radius 1 is 1.43 bits per heavy atom. The van der Waals surface area contributed by atoms with Crippen molar-refractivity contribution in [3.8, 4) is 5.75 Å². The summed E-state index contributed by atoms with van der Waals surface area (Å²) < 4.78 is 5.22. The van der Waals surface area contributed by atoms with E-state index in [0.29, 0.717) is 5.69 Å². The molecule has 0 saturated heterocycles. The minimum absolute atomic E-state index is 0.191. The van der Waals surface area contributed by atoms with Crippen LogP contribution in [-0.2, 0) is 6.42 Å². The van der Waals surface area contributed by atoms with Crippen LogP contribution in [0.5, 0.6) is 5.75 Å². The minimum atomic E-state index is 0.191. The Morgan fingerprint density at radius 3 is 2.71 bits per heavy atom. The Kier molecular flexibility index (Phi) is 3.77. The van der Waals surface area contributed by atoms with E-state index in [0.717, 1.165) is 29.7 Å². The molecular weight excluding hydrogens is 178 g/mol. The van der Waals surface area contributed by atoms with Crippen LogP contribution in [0.4, 0.5) is 5.69 Å². The number of aryl methyl sites for hydroxylation is 2. The van der Waals surface area contributed by atoms with Crippen LogP contribution in [0.2, 0.25) is 0 Å². The maximum Gasteiger partial charge on any atom is 0.144 e. The van der Waals surface area contributed by atoms with Gasteiger partial charge in [-0.25, -0.2) is 0 Å². The largest absolute Gasteiger partial charge is 0.494 e. The smallest absolute Gasteiger partial charge is 0.144 e. The Morgan fingerprint density at radius 2 is 2.14 bits per heavy atom. The lowest BCUT2D eigenvalue weighted by molar-refractivity contribution is 0.287. The average Bonchev–Trinajstić information content (AvgIpc) is 2.14. The number of aliphatic hydroxyl groups is 1. The van der Waals surface area contributed by atoms with E-state index in [-0.39, 0.29) is 6.61 Å². The summed E-state index contributed by atoms with van der Waals surface area (Å²) >= 11 is 0. The Hall–Kier alpha value is -1.22. The van der Waals surface area contributed by atoms with Gasteiger partial charge in [-0.3, -0.25) is 0 Å². The van der Waals surface area contributed by atoms with Gasteiger partial charge in [-0.15, -0.1) is 0 Å². The molecule has 3 N–H and O–H groups in total. The molecular formula is C11H17NO2. The van der Waals surface area contributed by atoms with Crippen molar-refractivity contribution in [1.82, 2.24) is 0 Å². The molecule has 1 rings (SSSR count). The van der Waals surface area contributed by atoms with Crippen molar-refractivity contribution in [2.75, 3.05) is 19.5 Å². The number of rotatable bonds is 4. The number of hydrogen-bond acceptors (Lipinski definition) is 3. The van der Waals surface area contributed by atoms with Gasteiger partial charge in [-0.05, 0) is 37.0 Å². The third kappa shape index (κ3) is 2.39. The Labute approximate surface area is 84.5 Å². The highest BCUT2D eigenvalue weighted by Gasteiger charge is 2.07. The monoisotopic (exact) mass is 195 g/mol. The van der Waals surface area contributed by atoms with Crippen LogP contribution in [0.1, 0.15) is 17.5 Å². The number of methoxy groups -OCH3 is 1. The quantitative estimate of drug-likeness (QED) is 0.716. The highest BCUT2D eigenvalue weighted by molar-refractivity contribution is 5.58. The molecule has 0 aliphatic heterocycles. The van der Waals surface area contributed by atoms with Gasteiger partial charge in [-0.2, -0.15) is 0 Å². The normalized spacial score (nSPS) is 10.2. The second-order valence-corrected chi connectivity index (χ2v) is 3.37. The predicted octanol–water partition coefficient (Wildman–Crippen LogP) is 1.51. The zero-order valence-corrected chi connectivity index (χ0v) is 8.71. The van der Waals surface area contributed by atoms with Gasteiger partial charge < -0.3 is 15.6 Å². The first-order chi connectivity index (χ1) is 6.69. The SMILES string of the molecule is COc1c(N)cc(C)cc1CCCO. The summed E-state index contributed by atoms with van der Waals surface area (Å²) in [4.78, 5) is 0. The van der Waals surface area contributed by atoms with Crippen molar-refractivity contribution in [2.45, 2.75) is 19.8 Å². The van der Waals surface area contributed by atoms with E-state index in [4.69, 9.17) is 15.6 Å².